The molecule has 1 N–H and O–H groups in total. The highest BCUT2D eigenvalue weighted by atomic mass is 79.9. The first-order valence-corrected chi connectivity index (χ1v) is 7.50. The van der Waals surface area contributed by atoms with Crippen molar-refractivity contribution in [2.45, 2.75) is 5.88 Å². The van der Waals surface area contributed by atoms with E-state index in [9.17, 15) is 4.79 Å². The third-order valence-corrected chi connectivity index (χ3v) is 4.10. The maximum Gasteiger partial charge on any atom is 0.258 e. The molecule has 0 aliphatic heterocycles. The van der Waals surface area contributed by atoms with Crippen LogP contribution in [-0.2, 0) is 5.88 Å². The molecule has 1 aromatic heterocycles. The third-order valence-electron chi connectivity index (χ3n) is 2.33. The monoisotopic (exact) mass is 360 g/mol. The zero-order chi connectivity index (χ0) is 13.8. The standard InChI is InChI=1S/C12H10BrClN2O2S/c1-18-8-2-3-10(13)9(4-8)11(17)16-12-15-7(5-14)6-19-12/h2-4,6H,5H2,1H3,(H,15,16,17). The Morgan fingerprint density at radius 1 is 1.58 bits per heavy atom. The summed E-state index contributed by atoms with van der Waals surface area (Å²) in [6, 6.07) is 5.20. The minimum Gasteiger partial charge on any atom is -0.497 e. The zero-order valence-corrected chi connectivity index (χ0v) is 13.1. The molecule has 1 aromatic carbocycles. The van der Waals surface area contributed by atoms with Gasteiger partial charge < -0.3 is 4.74 Å². The van der Waals surface area contributed by atoms with Gasteiger partial charge in [-0.25, -0.2) is 4.98 Å². The number of halogens is 2. The maximum absolute atomic E-state index is 12.1. The molecule has 0 unspecified atom stereocenters. The predicted molar refractivity (Wildman–Crippen MR) is 80.3 cm³/mol. The van der Waals surface area contributed by atoms with E-state index >= 15 is 0 Å². The van der Waals surface area contributed by atoms with Gasteiger partial charge in [0.15, 0.2) is 5.13 Å². The van der Waals surface area contributed by atoms with Crippen molar-refractivity contribution in [1.82, 2.24) is 4.98 Å². The number of hydrogen-bond donors (Lipinski definition) is 1. The Morgan fingerprint density at radius 2 is 2.37 bits per heavy atom. The quantitative estimate of drug-likeness (QED) is 0.840. The van der Waals surface area contributed by atoms with Gasteiger partial charge >= 0.3 is 0 Å². The average Bonchev–Trinajstić information content (AvgIpc) is 2.87. The van der Waals surface area contributed by atoms with Gasteiger partial charge in [-0.15, -0.1) is 22.9 Å². The fraction of sp³-hybridized carbons (Fsp3) is 0.167. The average molecular weight is 362 g/mol. The van der Waals surface area contributed by atoms with Crippen LogP contribution in [0.2, 0.25) is 0 Å². The summed E-state index contributed by atoms with van der Waals surface area (Å²) in [6.45, 7) is 0. The molecule has 100 valence electrons. The Kier molecular flexibility index (Phi) is 4.79. The Bertz CT molecular complexity index is 603. The molecular formula is C12H10BrClN2O2S. The topological polar surface area (TPSA) is 51.2 Å². The summed E-state index contributed by atoms with van der Waals surface area (Å²) in [5.74, 6) is 0.699. The number of alkyl halides is 1. The van der Waals surface area contributed by atoms with E-state index in [-0.39, 0.29) is 5.91 Å². The predicted octanol–water partition coefficient (Wildman–Crippen LogP) is 3.91. The number of hydrogen-bond acceptors (Lipinski definition) is 4. The van der Waals surface area contributed by atoms with Crippen LogP contribution in [0.5, 0.6) is 5.75 Å². The minimum absolute atomic E-state index is 0.249. The fourth-order valence-electron chi connectivity index (χ4n) is 1.40. The maximum atomic E-state index is 12.1. The molecule has 1 heterocycles. The highest BCUT2D eigenvalue weighted by Gasteiger charge is 2.13. The van der Waals surface area contributed by atoms with Gasteiger partial charge in [-0.3, -0.25) is 10.1 Å². The van der Waals surface area contributed by atoms with Gasteiger partial charge in [0.05, 0.1) is 24.2 Å². The summed E-state index contributed by atoms with van der Waals surface area (Å²) >= 11 is 10.3. The van der Waals surface area contributed by atoms with Gasteiger partial charge in [0.25, 0.3) is 5.91 Å². The lowest BCUT2D eigenvalue weighted by Gasteiger charge is -2.06. The van der Waals surface area contributed by atoms with E-state index in [1.165, 1.54) is 11.3 Å². The number of ether oxygens (including phenoxy) is 1. The van der Waals surface area contributed by atoms with Crippen LogP contribution in [0.25, 0.3) is 0 Å². The molecule has 0 spiro atoms. The lowest BCUT2D eigenvalue weighted by atomic mass is 10.2. The molecule has 7 heteroatoms. The van der Waals surface area contributed by atoms with E-state index < -0.39 is 0 Å². The van der Waals surface area contributed by atoms with Crippen LogP contribution in [0.3, 0.4) is 0 Å². The van der Waals surface area contributed by atoms with E-state index in [4.69, 9.17) is 16.3 Å². The Labute approximate surface area is 127 Å². The van der Waals surface area contributed by atoms with Crippen molar-refractivity contribution in [3.05, 3.63) is 39.3 Å². The highest BCUT2D eigenvalue weighted by Crippen LogP contribution is 2.24. The molecule has 4 nitrogen and oxygen atoms in total. The van der Waals surface area contributed by atoms with Crippen LogP contribution >= 0.6 is 38.9 Å². The summed E-state index contributed by atoms with van der Waals surface area (Å²) in [4.78, 5) is 16.3. The fourth-order valence-corrected chi connectivity index (χ4v) is 2.76. The first-order valence-electron chi connectivity index (χ1n) is 5.29. The van der Waals surface area contributed by atoms with Crippen molar-refractivity contribution < 1.29 is 9.53 Å². The van der Waals surface area contributed by atoms with E-state index in [2.05, 4.69) is 26.2 Å². The number of nitrogens with one attached hydrogen (secondary N) is 1. The van der Waals surface area contributed by atoms with Crippen LogP contribution in [0.4, 0.5) is 5.13 Å². The van der Waals surface area contributed by atoms with E-state index in [0.29, 0.717) is 26.8 Å². The lowest BCUT2D eigenvalue weighted by Crippen LogP contribution is -2.12. The molecule has 0 saturated carbocycles. The SMILES string of the molecule is COc1ccc(Br)c(C(=O)Nc2nc(CCl)cs2)c1. The largest absolute Gasteiger partial charge is 0.497 e. The second kappa shape index (κ2) is 6.36. The number of benzene rings is 1. The molecular weight excluding hydrogens is 352 g/mol. The Hall–Kier alpha value is -1.11. The molecule has 19 heavy (non-hydrogen) atoms. The van der Waals surface area contributed by atoms with Gasteiger partial charge in [-0.2, -0.15) is 0 Å². The van der Waals surface area contributed by atoms with Gasteiger partial charge in [0.2, 0.25) is 0 Å². The number of anilines is 1. The van der Waals surface area contributed by atoms with Gasteiger partial charge in [-0.05, 0) is 34.1 Å². The smallest absolute Gasteiger partial charge is 0.258 e. The minimum atomic E-state index is -0.249. The molecule has 0 aliphatic carbocycles. The van der Waals surface area contributed by atoms with E-state index in [0.717, 1.165) is 5.69 Å². The second-order valence-electron chi connectivity index (χ2n) is 3.58. The van der Waals surface area contributed by atoms with Crippen LogP contribution in [0, 0.1) is 0 Å². The van der Waals surface area contributed by atoms with Crippen molar-refractivity contribution in [2.24, 2.45) is 0 Å². The van der Waals surface area contributed by atoms with E-state index in [1.807, 2.05) is 5.38 Å². The third kappa shape index (κ3) is 3.46. The number of nitrogens with zero attached hydrogens (tertiary/aromatic N) is 1. The summed E-state index contributed by atoms with van der Waals surface area (Å²) in [6.07, 6.45) is 0. The number of aromatic nitrogens is 1. The van der Waals surface area contributed by atoms with Crippen LogP contribution in [0.1, 0.15) is 16.1 Å². The molecule has 0 atom stereocenters. The first-order chi connectivity index (χ1) is 9.13. The van der Waals surface area contributed by atoms with Crippen molar-refractivity contribution >= 4 is 49.9 Å². The Balaban J connectivity index is 2.19. The van der Waals surface area contributed by atoms with E-state index in [1.54, 1.807) is 25.3 Å². The van der Waals surface area contributed by atoms with Crippen molar-refractivity contribution in [3.63, 3.8) is 0 Å². The molecule has 2 aromatic rings. The zero-order valence-electron chi connectivity index (χ0n) is 9.94. The van der Waals surface area contributed by atoms with Crippen LogP contribution < -0.4 is 10.1 Å². The molecule has 2 rings (SSSR count). The summed E-state index contributed by atoms with van der Waals surface area (Å²) < 4.78 is 5.79. The molecule has 0 saturated heterocycles. The summed E-state index contributed by atoms with van der Waals surface area (Å²) in [7, 11) is 1.55. The Morgan fingerprint density at radius 3 is 3.00 bits per heavy atom. The summed E-state index contributed by atoms with van der Waals surface area (Å²) in [5.41, 5.74) is 1.23. The number of methoxy groups -OCH3 is 1. The van der Waals surface area contributed by atoms with Crippen molar-refractivity contribution in [1.29, 1.82) is 0 Å². The molecule has 0 radical (unpaired) electrons. The lowest BCUT2D eigenvalue weighted by molar-refractivity contribution is 0.102. The molecule has 0 fully saturated rings. The van der Waals surface area contributed by atoms with Crippen LogP contribution in [0.15, 0.2) is 28.1 Å². The van der Waals surface area contributed by atoms with Gasteiger partial charge in [0.1, 0.15) is 5.75 Å². The number of carbonyl (C=O) groups excluding carboxylic acids is 1. The first kappa shape index (κ1) is 14.3. The number of carbonyl (C=O) groups is 1. The van der Waals surface area contributed by atoms with Gasteiger partial charge in [0, 0.05) is 9.85 Å². The van der Waals surface area contributed by atoms with Crippen LogP contribution in [-0.4, -0.2) is 18.0 Å². The highest BCUT2D eigenvalue weighted by molar-refractivity contribution is 9.10. The molecule has 0 bridgehead atoms. The van der Waals surface area contributed by atoms with Gasteiger partial charge in [-0.1, -0.05) is 0 Å². The number of thiazole rings is 1. The normalized spacial score (nSPS) is 10.3. The van der Waals surface area contributed by atoms with Crippen molar-refractivity contribution in [2.75, 3.05) is 12.4 Å². The molecule has 0 aliphatic rings. The van der Waals surface area contributed by atoms with Crippen molar-refractivity contribution in [3.8, 4) is 5.75 Å². The molecule has 1 amide bonds. The number of amides is 1. The number of rotatable bonds is 4. The summed E-state index contributed by atoms with van der Waals surface area (Å²) in [5, 5.41) is 5.06. The second-order valence-corrected chi connectivity index (χ2v) is 5.56.